The van der Waals surface area contributed by atoms with E-state index in [4.69, 9.17) is 9.84 Å². The molecule has 0 radical (unpaired) electrons. The van der Waals surface area contributed by atoms with Crippen molar-refractivity contribution in [3.05, 3.63) is 0 Å². The van der Waals surface area contributed by atoms with Crippen LogP contribution in [0.2, 0.25) is 0 Å². The van der Waals surface area contributed by atoms with Gasteiger partial charge in [0.25, 0.3) is 0 Å². The van der Waals surface area contributed by atoms with E-state index in [0.717, 1.165) is 135 Å². The smallest absolute Gasteiger partial charge is 0.306 e. The van der Waals surface area contributed by atoms with Crippen molar-refractivity contribution >= 4 is 17.8 Å². The number of nitrogens with zero attached hydrogens (tertiary/aromatic N) is 2. The highest BCUT2D eigenvalue weighted by molar-refractivity contribution is 5.76. The molecule has 0 aliphatic rings. The summed E-state index contributed by atoms with van der Waals surface area (Å²) in [6.07, 6.45) is 36.7. The van der Waals surface area contributed by atoms with Crippen molar-refractivity contribution in [2.45, 2.75) is 251 Å². The molecular weight excluding hydrogens is 661 g/mol. The fourth-order valence-corrected chi connectivity index (χ4v) is 7.55. The molecule has 0 aromatic rings. The zero-order chi connectivity index (χ0) is 39.2. The molecule has 7 heteroatoms. The normalized spacial score (nSPS) is 12.1. The van der Waals surface area contributed by atoms with Crippen molar-refractivity contribution in [2.75, 3.05) is 27.2 Å². The summed E-state index contributed by atoms with van der Waals surface area (Å²) in [5.74, 6) is -0.337. The molecule has 0 fully saturated rings. The maximum Gasteiger partial charge on any atom is 0.306 e. The van der Waals surface area contributed by atoms with Gasteiger partial charge in [-0.1, -0.05) is 156 Å². The van der Waals surface area contributed by atoms with Gasteiger partial charge >= 0.3 is 11.9 Å². The van der Waals surface area contributed by atoms with Gasteiger partial charge in [0.2, 0.25) is 5.91 Å². The number of carbonyl (C=O) groups is 3. The Kier molecular flexibility index (Phi) is 37.4. The van der Waals surface area contributed by atoms with Crippen LogP contribution < -0.4 is 0 Å². The van der Waals surface area contributed by atoms with E-state index < -0.39 is 5.97 Å². The van der Waals surface area contributed by atoms with E-state index in [-0.39, 0.29) is 18.5 Å². The highest BCUT2D eigenvalue weighted by Gasteiger charge is 2.23. The van der Waals surface area contributed by atoms with Crippen LogP contribution in [0, 0.1) is 0 Å². The molecule has 1 atom stereocenters. The first kappa shape index (κ1) is 51.4. The van der Waals surface area contributed by atoms with Crippen molar-refractivity contribution in [3.8, 4) is 0 Å². The molecule has 0 aliphatic heterocycles. The van der Waals surface area contributed by atoms with Crippen molar-refractivity contribution in [2.24, 2.45) is 0 Å². The van der Waals surface area contributed by atoms with Crippen LogP contribution in [-0.4, -0.2) is 72.1 Å². The van der Waals surface area contributed by atoms with Gasteiger partial charge in [-0.2, -0.15) is 0 Å². The number of carbonyl (C=O) groups excluding carboxylic acids is 2. The SMILES string of the molecule is CCCCCCCCC(=O)N(CCCN(C)C)C(CCCCCCCCC(=O)O)CCCCCCCCC(=O)OC(CCCCCC)CCCCCC. The maximum absolute atomic E-state index is 13.7. The van der Waals surface area contributed by atoms with Gasteiger partial charge in [-0.3, -0.25) is 14.4 Å². The van der Waals surface area contributed by atoms with Gasteiger partial charge in [-0.05, 0) is 84.8 Å². The average Bonchev–Trinajstić information content (AvgIpc) is 3.12. The number of hydrogen-bond acceptors (Lipinski definition) is 5. The van der Waals surface area contributed by atoms with Crippen LogP contribution in [-0.2, 0) is 19.1 Å². The molecule has 0 aromatic carbocycles. The van der Waals surface area contributed by atoms with E-state index in [1.165, 1.54) is 77.0 Å². The number of carboxylic acid groups (broad SMARTS) is 1. The Bertz CT molecular complexity index is 823. The largest absolute Gasteiger partial charge is 0.481 e. The van der Waals surface area contributed by atoms with Crippen molar-refractivity contribution in [3.63, 3.8) is 0 Å². The fraction of sp³-hybridized carbons (Fsp3) is 0.935. The summed E-state index contributed by atoms with van der Waals surface area (Å²) in [4.78, 5) is 41.8. The van der Waals surface area contributed by atoms with Crippen LogP contribution in [0.4, 0.5) is 0 Å². The van der Waals surface area contributed by atoms with Gasteiger partial charge < -0.3 is 19.6 Å². The quantitative estimate of drug-likeness (QED) is 0.0494. The van der Waals surface area contributed by atoms with E-state index >= 15 is 0 Å². The monoisotopic (exact) mass is 751 g/mol. The third kappa shape index (κ3) is 34.6. The zero-order valence-corrected chi connectivity index (χ0v) is 36.1. The molecule has 0 aromatic heterocycles. The van der Waals surface area contributed by atoms with Crippen molar-refractivity contribution < 1.29 is 24.2 Å². The Morgan fingerprint density at radius 2 is 0.868 bits per heavy atom. The van der Waals surface area contributed by atoms with E-state index in [1.807, 2.05) is 0 Å². The van der Waals surface area contributed by atoms with Crippen LogP contribution in [0.5, 0.6) is 0 Å². The topological polar surface area (TPSA) is 87.2 Å². The van der Waals surface area contributed by atoms with Crippen LogP contribution in [0.25, 0.3) is 0 Å². The molecule has 1 unspecified atom stereocenters. The van der Waals surface area contributed by atoms with Crippen molar-refractivity contribution in [1.82, 2.24) is 9.80 Å². The number of unbranched alkanes of at least 4 members (excludes halogenated alkanes) is 21. The van der Waals surface area contributed by atoms with Crippen LogP contribution >= 0.6 is 0 Å². The Balaban J connectivity index is 4.90. The van der Waals surface area contributed by atoms with Gasteiger partial charge in [-0.25, -0.2) is 0 Å². The molecule has 0 bridgehead atoms. The second kappa shape index (κ2) is 38.6. The number of rotatable bonds is 41. The molecule has 0 saturated heterocycles. The average molecular weight is 751 g/mol. The van der Waals surface area contributed by atoms with Crippen LogP contribution in [0.1, 0.15) is 239 Å². The fourth-order valence-electron chi connectivity index (χ4n) is 7.55. The lowest BCUT2D eigenvalue weighted by Crippen LogP contribution is -2.41. The summed E-state index contributed by atoms with van der Waals surface area (Å²) in [6.45, 7) is 8.57. The number of esters is 1. The third-order valence-electron chi connectivity index (χ3n) is 10.9. The molecule has 53 heavy (non-hydrogen) atoms. The molecule has 1 N–H and O–H groups in total. The number of carboxylic acids is 1. The highest BCUT2D eigenvalue weighted by atomic mass is 16.5. The number of aliphatic carboxylic acids is 1. The molecule has 0 spiro atoms. The predicted octanol–water partition coefficient (Wildman–Crippen LogP) is 13.1. The summed E-state index contributed by atoms with van der Waals surface area (Å²) in [5.41, 5.74) is 0. The summed E-state index contributed by atoms with van der Waals surface area (Å²) in [6, 6.07) is 0.309. The first-order valence-electron chi connectivity index (χ1n) is 23.1. The van der Waals surface area contributed by atoms with E-state index in [2.05, 4.69) is 44.7 Å². The Morgan fingerprint density at radius 1 is 0.472 bits per heavy atom. The van der Waals surface area contributed by atoms with E-state index in [1.54, 1.807) is 0 Å². The zero-order valence-electron chi connectivity index (χ0n) is 36.1. The predicted molar refractivity (Wildman–Crippen MR) is 226 cm³/mol. The van der Waals surface area contributed by atoms with Crippen LogP contribution in [0.15, 0.2) is 0 Å². The highest BCUT2D eigenvalue weighted by Crippen LogP contribution is 2.22. The lowest BCUT2D eigenvalue weighted by molar-refractivity contribution is -0.150. The van der Waals surface area contributed by atoms with Gasteiger partial charge in [0.05, 0.1) is 0 Å². The summed E-state index contributed by atoms with van der Waals surface area (Å²) < 4.78 is 5.99. The summed E-state index contributed by atoms with van der Waals surface area (Å²) in [5, 5.41) is 8.91. The second-order valence-electron chi connectivity index (χ2n) is 16.4. The van der Waals surface area contributed by atoms with Gasteiger partial charge in [0.1, 0.15) is 6.10 Å². The minimum absolute atomic E-state index is 0.00377. The van der Waals surface area contributed by atoms with Crippen LogP contribution in [0.3, 0.4) is 0 Å². The minimum atomic E-state index is -0.696. The van der Waals surface area contributed by atoms with Crippen molar-refractivity contribution in [1.29, 1.82) is 0 Å². The van der Waals surface area contributed by atoms with Gasteiger partial charge in [-0.15, -0.1) is 0 Å². The molecule has 0 heterocycles. The standard InChI is InChI=1S/C46H90N2O5/c1-6-9-12-15-22-29-37-44(49)48(41-32-40-47(4)5)42(33-25-20-16-18-23-30-38-45(50)51)34-26-21-17-19-24-31-39-46(52)53-43(35-27-13-10-7-2)36-28-14-11-8-3/h42-43H,6-41H2,1-5H3,(H,50,51). The van der Waals surface area contributed by atoms with E-state index in [9.17, 15) is 14.4 Å². The first-order valence-corrected chi connectivity index (χ1v) is 23.1. The minimum Gasteiger partial charge on any atom is -0.481 e. The molecule has 1 amide bonds. The number of amides is 1. The van der Waals surface area contributed by atoms with Gasteiger partial charge in [0, 0.05) is 31.8 Å². The van der Waals surface area contributed by atoms with E-state index in [0.29, 0.717) is 24.8 Å². The molecule has 0 aliphatic carbocycles. The Labute approximate surface area is 329 Å². The third-order valence-corrected chi connectivity index (χ3v) is 10.9. The molecule has 0 rings (SSSR count). The van der Waals surface area contributed by atoms with Gasteiger partial charge in [0.15, 0.2) is 0 Å². The summed E-state index contributed by atoms with van der Waals surface area (Å²) >= 11 is 0. The maximum atomic E-state index is 13.7. The number of hydrogen-bond donors (Lipinski definition) is 1. The second-order valence-corrected chi connectivity index (χ2v) is 16.4. The molecule has 0 saturated carbocycles. The lowest BCUT2D eigenvalue weighted by Gasteiger charge is -2.33. The lowest BCUT2D eigenvalue weighted by atomic mass is 9.97. The Hall–Kier alpha value is -1.63. The number of ether oxygens (including phenoxy) is 1. The first-order chi connectivity index (χ1) is 25.7. The molecular formula is C46H90N2O5. The molecule has 314 valence electrons. The molecule has 7 nitrogen and oxygen atoms in total. The summed E-state index contributed by atoms with van der Waals surface area (Å²) in [7, 11) is 4.22. The Morgan fingerprint density at radius 3 is 1.34 bits per heavy atom.